The molecule has 0 N–H and O–H groups in total. The summed E-state index contributed by atoms with van der Waals surface area (Å²) >= 11 is 0. The van der Waals surface area contributed by atoms with Gasteiger partial charge in [-0.25, -0.2) is 0 Å². The Hall–Kier alpha value is -3.56. The Morgan fingerprint density at radius 3 is 2.33 bits per heavy atom. The van der Waals surface area contributed by atoms with Gasteiger partial charge in [0, 0.05) is 11.5 Å². The Kier molecular flexibility index (Phi) is 10.5. The first kappa shape index (κ1) is 32.4. The summed E-state index contributed by atoms with van der Waals surface area (Å²) in [6, 6.07) is 27.4. The Balaban J connectivity index is 1.12. The molecule has 0 radical (unpaired) electrons. The molecule has 2 fully saturated rings. The van der Waals surface area contributed by atoms with Crippen LogP contribution in [0.3, 0.4) is 0 Å². The zero-order valence-electron chi connectivity index (χ0n) is 28.4. The van der Waals surface area contributed by atoms with Crippen LogP contribution >= 0.6 is 0 Å². The third kappa shape index (κ3) is 8.04. The normalized spacial score (nSPS) is 22.7. The molecule has 0 aliphatic heterocycles. The van der Waals surface area contributed by atoms with Gasteiger partial charge in [0.2, 0.25) is 0 Å². The summed E-state index contributed by atoms with van der Waals surface area (Å²) < 4.78 is 0. The smallest absolute Gasteiger partial charge is 0.0274 e. The molecule has 46 heavy (non-hydrogen) atoms. The van der Waals surface area contributed by atoms with Crippen LogP contribution in [-0.2, 0) is 19.3 Å². The van der Waals surface area contributed by atoms with Gasteiger partial charge < -0.3 is 0 Å². The molecule has 2 saturated carbocycles. The second-order valence-electron chi connectivity index (χ2n) is 15.2. The van der Waals surface area contributed by atoms with Crippen LogP contribution in [0.25, 0.3) is 5.57 Å². The quantitative estimate of drug-likeness (QED) is 0.142. The largest absolute Gasteiger partial charge is 0.115 e. The standard InChI is InChI=1S/C46H54/c1-5-39-20-18-38(33-44(39)27-30-46(4)28-9-10-29-46)32-37-16-21-41(22-17-37)45(35(3)14-15-36-11-7-6-8-12-36)42-25-23-40(24-26-42)43-19-13-34(2)31-43/h1,6-8,11-13,18-20,23-26,31,33-34,37,41,45H,3,9-10,14-17,21-22,27-30,32H2,2,4H3. The third-order valence-electron chi connectivity index (χ3n) is 11.7. The molecule has 3 aliphatic rings. The second kappa shape index (κ2) is 14.9. The molecule has 0 heteroatoms. The number of allylic oxidation sites excluding steroid dienone is 5. The maximum Gasteiger partial charge on any atom is 0.0274 e. The van der Waals surface area contributed by atoms with Gasteiger partial charge in [0.05, 0.1) is 0 Å². The molecule has 0 spiro atoms. The van der Waals surface area contributed by atoms with E-state index in [0.717, 1.165) is 30.7 Å². The minimum absolute atomic E-state index is 0.421. The summed E-state index contributed by atoms with van der Waals surface area (Å²) in [5.41, 5.74) is 11.4. The lowest BCUT2D eigenvalue weighted by atomic mass is 9.69. The predicted molar refractivity (Wildman–Crippen MR) is 198 cm³/mol. The fraction of sp³-hybridized carbons (Fsp3) is 0.435. The van der Waals surface area contributed by atoms with Crippen molar-refractivity contribution in [1.82, 2.24) is 0 Å². The van der Waals surface area contributed by atoms with E-state index in [-0.39, 0.29) is 0 Å². The number of hydrogen-bond acceptors (Lipinski definition) is 0. The molecule has 0 aromatic heterocycles. The highest BCUT2D eigenvalue weighted by molar-refractivity contribution is 5.76. The van der Waals surface area contributed by atoms with Gasteiger partial charge in [-0.05, 0) is 133 Å². The van der Waals surface area contributed by atoms with E-state index >= 15 is 0 Å². The lowest BCUT2D eigenvalue weighted by Crippen LogP contribution is -2.23. The minimum Gasteiger partial charge on any atom is -0.115 e. The van der Waals surface area contributed by atoms with E-state index < -0.39 is 0 Å². The number of hydrogen-bond donors (Lipinski definition) is 0. The van der Waals surface area contributed by atoms with E-state index in [1.54, 1.807) is 0 Å². The summed E-state index contributed by atoms with van der Waals surface area (Å²) in [6.07, 6.45) is 29.2. The second-order valence-corrected chi connectivity index (χ2v) is 15.2. The zero-order valence-corrected chi connectivity index (χ0v) is 28.4. The molecule has 0 bridgehead atoms. The van der Waals surface area contributed by atoms with Gasteiger partial charge in [-0.1, -0.05) is 130 Å². The molecule has 3 aromatic rings. The van der Waals surface area contributed by atoms with Crippen molar-refractivity contribution in [3.8, 4) is 12.3 Å². The van der Waals surface area contributed by atoms with Gasteiger partial charge in [0.15, 0.2) is 0 Å². The lowest BCUT2D eigenvalue weighted by Gasteiger charge is -2.36. The average molecular weight is 607 g/mol. The van der Waals surface area contributed by atoms with E-state index in [0.29, 0.717) is 23.2 Å². The van der Waals surface area contributed by atoms with Crippen molar-refractivity contribution >= 4 is 5.57 Å². The van der Waals surface area contributed by atoms with E-state index in [4.69, 9.17) is 13.0 Å². The first-order valence-electron chi connectivity index (χ1n) is 18.2. The van der Waals surface area contributed by atoms with Crippen molar-refractivity contribution in [1.29, 1.82) is 0 Å². The van der Waals surface area contributed by atoms with Crippen LogP contribution in [0.5, 0.6) is 0 Å². The van der Waals surface area contributed by atoms with E-state index in [1.807, 2.05) is 0 Å². The van der Waals surface area contributed by atoms with Crippen molar-refractivity contribution in [3.05, 3.63) is 137 Å². The predicted octanol–water partition coefficient (Wildman–Crippen LogP) is 12.1. The molecule has 2 atom stereocenters. The molecule has 3 aliphatic carbocycles. The maximum atomic E-state index is 5.95. The van der Waals surface area contributed by atoms with Crippen molar-refractivity contribution in [2.75, 3.05) is 0 Å². The third-order valence-corrected chi connectivity index (χ3v) is 11.7. The summed E-state index contributed by atoms with van der Waals surface area (Å²) in [5, 5.41) is 0. The first-order chi connectivity index (χ1) is 22.4. The highest BCUT2D eigenvalue weighted by atomic mass is 14.4. The Morgan fingerprint density at radius 2 is 1.65 bits per heavy atom. The van der Waals surface area contributed by atoms with Crippen LogP contribution in [0.15, 0.2) is 103 Å². The number of aryl methyl sites for hydroxylation is 2. The van der Waals surface area contributed by atoms with Crippen LogP contribution < -0.4 is 0 Å². The summed E-state index contributed by atoms with van der Waals surface area (Å²) in [5.74, 6) is 5.33. The Morgan fingerprint density at radius 1 is 0.913 bits per heavy atom. The van der Waals surface area contributed by atoms with Crippen molar-refractivity contribution < 1.29 is 0 Å². The molecule has 2 unspecified atom stereocenters. The van der Waals surface area contributed by atoms with Crippen molar-refractivity contribution in [3.63, 3.8) is 0 Å². The molecular formula is C46H54. The Bertz CT molecular complexity index is 1560. The van der Waals surface area contributed by atoms with Crippen LogP contribution in [0.4, 0.5) is 0 Å². The summed E-state index contributed by atoms with van der Waals surface area (Å²) in [6.45, 7) is 9.50. The number of benzene rings is 3. The van der Waals surface area contributed by atoms with Gasteiger partial charge in [-0.3, -0.25) is 0 Å². The van der Waals surface area contributed by atoms with Crippen LogP contribution in [0.2, 0.25) is 0 Å². The molecule has 0 nitrogen and oxygen atoms in total. The lowest BCUT2D eigenvalue weighted by molar-refractivity contribution is 0.252. The highest BCUT2D eigenvalue weighted by Crippen LogP contribution is 2.44. The molecular weight excluding hydrogens is 553 g/mol. The van der Waals surface area contributed by atoms with Crippen molar-refractivity contribution in [2.45, 2.75) is 103 Å². The van der Waals surface area contributed by atoms with Crippen molar-refractivity contribution in [2.24, 2.45) is 23.2 Å². The van der Waals surface area contributed by atoms with Gasteiger partial charge in [0.1, 0.15) is 0 Å². The summed E-state index contributed by atoms with van der Waals surface area (Å²) in [7, 11) is 0. The molecule has 6 rings (SSSR count). The minimum atomic E-state index is 0.421. The van der Waals surface area contributed by atoms with Crippen LogP contribution in [-0.4, -0.2) is 0 Å². The zero-order chi connectivity index (χ0) is 31.9. The molecule has 0 amide bonds. The van der Waals surface area contributed by atoms with Gasteiger partial charge >= 0.3 is 0 Å². The van der Waals surface area contributed by atoms with Gasteiger partial charge in [-0.15, -0.1) is 6.42 Å². The highest BCUT2D eigenvalue weighted by Gasteiger charge is 2.31. The van der Waals surface area contributed by atoms with Crippen LogP contribution in [0.1, 0.15) is 117 Å². The fourth-order valence-electron chi connectivity index (χ4n) is 8.77. The topological polar surface area (TPSA) is 0 Å². The van der Waals surface area contributed by atoms with Gasteiger partial charge in [-0.2, -0.15) is 0 Å². The molecule has 3 aromatic carbocycles. The fourth-order valence-corrected chi connectivity index (χ4v) is 8.77. The SMILES string of the molecule is C#Cc1ccc(CC2CCC(C(C(=C)CCc3ccccc3)c3ccc(C4=CC(C)C=C4)cc3)CC2)cc1CCC1(C)CCCC1. The first-order valence-corrected chi connectivity index (χ1v) is 18.2. The van der Waals surface area contributed by atoms with E-state index in [2.05, 4.69) is 111 Å². The molecule has 238 valence electrons. The van der Waals surface area contributed by atoms with E-state index in [9.17, 15) is 0 Å². The Labute approximate surface area is 280 Å². The maximum absolute atomic E-state index is 5.95. The monoisotopic (exact) mass is 606 g/mol. The molecule has 0 heterocycles. The summed E-state index contributed by atoms with van der Waals surface area (Å²) in [4.78, 5) is 0. The number of rotatable bonds is 12. The molecule has 0 saturated heterocycles. The average Bonchev–Trinajstić information content (AvgIpc) is 3.73. The van der Waals surface area contributed by atoms with Gasteiger partial charge in [0.25, 0.3) is 0 Å². The number of terminal acetylenes is 1. The van der Waals surface area contributed by atoms with E-state index in [1.165, 1.54) is 103 Å². The van der Waals surface area contributed by atoms with Crippen LogP contribution in [0, 0.1) is 35.5 Å².